The first-order valence-electron chi connectivity index (χ1n) is 9.53. The number of ether oxygens (including phenoxy) is 1. The molecule has 2 heterocycles. The largest absolute Gasteiger partial charge is 0.379 e. The Morgan fingerprint density at radius 2 is 1.68 bits per heavy atom. The van der Waals surface area contributed by atoms with Crippen LogP contribution in [0, 0.1) is 0 Å². The van der Waals surface area contributed by atoms with Gasteiger partial charge in [-0.15, -0.1) is 10.2 Å². The molecule has 1 N–H and O–H groups in total. The lowest BCUT2D eigenvalue weighted by molar-refractivity contribution is 0.0398. The molecule has 0 spiro atoms. The Morgan fingerprint density at radius 1 is 0.929 bits per heavy atom. The molecule has 0 unspecified atom stereocenters. The van der Waals surface area contributed by atoms with E-state index in [0.29, 0.717) is 0 Å². The van der Waals surface area contributed by atoms with Crippen molar-refractivity contribution in [3.63, 3.8) is 0 Å². The van der Waals surface area contributed by atoms with E-state index in [0.717, 1.165) is 72.6 Å². The molecule has 2 aromatic carbocycles. The van der Waals surface area contributed by atoms with Gasteiger partial charge >= 0.3 is 0 Å². The fraction of sp³-hybridized carbons (Fsp3) is 0.273. The summed E-state index contributed by atoms with van der Waals surface area (Å²) in [6.07, 6.45) is 0. The zero-order chi connectivity index (χ0) is 19.2. The van der Waals surface area contributed by atoms with Crippen molar-refractivity contribution in [3.8, 4) is 22.4 Å². The topological polar surface area (TPSA) is 50.3 Å². The number of hydrogen-bond donors (Lipinski definition) is 1. The quantitative estimate of drug-likeness (QED) is 0.678. The first-order valence-corrected chi connectivity index (χ1v) is 9.90. The number of benzene rings is 2. The molecular weight excluding hydrogens is 372 g/mol. The Hall–Kier alpha value is -2.47. The molecular formula is C22H23ClN4O. The maximum absolute atomic E-state index is 6.08. The molecule has 1 fully saturated rings. The van der Waals surface area contributed by atoms with E-state index in [1.807, 2.05) is 54.6 Å². The van der Waals surface area contributed by atoms with Crippen LogP contribution in [0.4, 0.5) is 5.82 Å². The number of aromatic nitrogens is 2. The Labute approximate surface area is 170 Å². The average Bonchev–Trinajstić information content (AvgIpc) is 2.76. The summed E-state index contributed by atoms with van der Waals surface area (Å²) in [7, 11) is 0. The minimum absolute atomic E-state index is 0.718. The van der Waals surface area contributed by atoms with E-state index in [1.165, 1.54) is 0 Å². The standard InChI is InChI=1S/C22H23ClN4O/c23-19-8-6-17(7-9-19)20-16-21(18-4-2-1-3-5-18)25-26-22(20)24-10-11-27-12-14-28-15-13-27/h1-9,16H,10-15H2,(H,24,26). The van der Waals surface area contributed by atoms with Crippen LogP contribution in [0.25, 0.3) is 22.4 Å². The lowest BCUT2D eigenvalue weighted by atomic mass is 10.0. The van der Waals surface area contributed by atoms with Crippen molar-refractivity contribution in [2.75, 3.05) is 44.7 Å². The number of anilines is 1. The molecule has 5 nitrogen and oxygen atoms in total. The van der Waals surface area contributed by atoms with Crippen LogP contribution < -0.4 is 5.32 Å². The fourth-order valence-electron chi connectivity index (χ4n) is 3.28. The highest BCUT2D eigenvalue weighted by atomic mass is 35.5. The molecule has 1 aromatic heterocycles. The van der Waals surface area contributed by atoms with Crippen molar-refractivity contribution in [2.24, 2.45) is 0 Å². The van der Waals surface area contributed by atoms with Crippen molar-refractivity contribution in [1.82, 2.24) is 15.1 Å². The molecule has 0 saturated carbocycles. The smallest absolute Gasteiger partial charge is 0.156 e. The zero-order valence-corrected chi connectivity index (χ0v) is 16.4. The van der Waals surface area contributed by atoms with E-state index < -0.39 is 0 Å². The molecule has 0 radical (unpaired) electrons. The van der Waals surface area contributed by atoms with E-state index in [1.54, 1.807) is 0 Å². The third kappa shape index (κ3) is 4.68. The molecule has 1 saturated heterocycles. The van der Waals surface area contributed by atoms with Gasteiger partial charge < -0.3 is 10.1 Å². The van der Waals surface area contributed by atoms with Crippen LogP contribution in [-0.4, -0.2) is 54.5 Å². The monoisotopic (exact) mass is 394 g/mol. The highest BCUT2D eigenvalue weighted by Crippen LogP contribution is 2.30. The van der Waals surface area contributed by atoms with E-state index in [4.69, 9.17) is 16.3 Å². The fourth-order valence-corrected chi connectivity index (χ4v) is 3.40. The summed E-state index contributed by atoms with van der Waals surface area (Å²) in [6.45, 7) is 5.32. The van der Waals surface area contributed by atoms with Gasteiger partial charge in [0.1, 0.15) is 0 Å². The van der Waals surface area contributed by atoms with Crippen molar-refractivity contribution in [3.05, 3.63) is 65.7 Å². The predicted octanol–water partition coefficient (Wildman–Crippen LogP) is 4.21. The minimum atomic E-state index is 0.718. The molecule has 0 amide bonds. The molecule has 28 heavy (non-hydrogen) atoms. The summed E-state index contributed by atoms with van der Waals surface area (Å²) in [4.78, 5) is 2.39. The Kier molecular flexibility index (Phi) is 6.17. The Morgan fingerprint density at radius 3 is 2.43 bits per heavy atom. The summed E-state index contributed by atoms with van der Waals surface area (Å²) in [5.41, 5.74) is 3.98. The second-order valence-electron chi connectivity index (χ2n) is 6.75. The van der Waals surface area contributed by atoms with Crippen molar-refractivity contribution in [1.29, 1.82) is 0 Å². The van der Waals surface area contributed by atoms with Gasteiger partial charge in [0.05, 0.1) is 18.9 Å². The van der Waals surface area contributed by atoms with Crippen molar-refractivity contribution < 1.29 is 4.74 Å². The maximum atomic E-state index is 6.08. The van der Waals surface area contributed by atoms with Crippen molar-refractivity contribution >= 4 is 17.4 Å². The number of nitrogens with zero attached hydrogens (tertiary/aromatic N) is 3. The SMILES string of the molecule is Clc1ccc(-c2cc(-c3ccccc3)nnc2NCCN2CCOCC2)cc1. The van der Waals surface area contributed by atoms with E-state index in [9.17, 15) is 0 Å². The van der Waals surface area contributed by atoms with Crippen LogP contribution in [0.5, 0.6) is 0 Å². The van der Waals surface area contributed by atoms with E-state index in [2.05, 4.69) is 26.5 Å². The normalized spacial score (nSPS) is 14.8. The molecule has 0 atom stereocenters. The summed E-state index contributed by atoms with van der Waals surface area (Å²) in [6, 6.07) is 20.0. The number of nitrogens with one attached hydrogen (secondary N) is 1. The van der Waals surface area contributed by atoms with Crippen LogP contribution >= 0.6 is 11.6 Å². The van der Waals surface area contributed by atoms with Gasteiger partial charge in [0.15, 0.2) is 5.82 Å². The summed E-state index contributed by atoms with van der Waals surface area (Å²) in [5.74, 6) is 0.787. The molecule has 0 aliphatic carbocycles. The van der Waals surface area contributed by atoms with E-state index in [-0.39, 0.29) is 0 Å². The van der Waals surface area contributed by atoms with Crippen molar-refractivity contribution in [2.45, 2.75) is 0 Å². The highest BCUT2D eigenvalue weighted by molar-refractivity contribution is 6.30. The Bertz CT molecular complexity index is 896. The van der Waals surface area contributed by atoms with Crippen LogP contribution in [-0.2, 0) is 4.74 Å². The maximum Gasteiger partial charge on any atom is 0.156 e. The predicted molar refractivity (Wildman–Crippen MR) is 114 cm³/mol. The summed E-state index contributed by atoms with van der Waals surface area (Å²) >= 11 is 6.08. The van der Waals surface area contributed by atoms with Gasteiger partial charge in [-0.25, -0.2) is 0 Å². The van der Waals surface area contributed by atoms with Gasteiger partial charge in [-0.3, -0.25) is 4.90 Å². The van der Waals surface area contributed by atoms with Gasteiger partial charge in [0, 0.05) is 42.3 Å². The molecule has 6 heteroatoms. The number of hydrogen-bond acceptors (Lipinski definition) is 5. The molecule has 4 rings (SSSR count). The molecule has 1 aliphatic heterocycles. The Balaban J connectivity index is 1.58. The molecule has 0 bridgehead atoms. The second-order valence-corrected chi connectivity index (χ2v) is 7.18. The van der Waals surface area contributed by atoms with Gasteiger partial charge in [-0.2, -0.15) is 0 Å². The second kappa shape index (κ2) is 9.15. The minimum Gasteiger partial charge on any atom is -0.379 e. The summed E-state index contributed by atoms with van der Waals surface area (Å²) < 4.78 is 5.41. The molecule has 3 aromatic rings. The van der Waals surface area contributed by atoms with Gasteiger partial charge in [0.25, 0.3) is 0 Å². The van der Waals surface area contributed by atoms with E-state index >= 15 is 0 Å². The molecule has 1 aliphatic rings. The third-order valence-corrected chi connectivity index (χ3v) is 5.09. The van der Waals surface area contributed by atoms with Gasteiger partial charge in [0.2, 0.25) is 0 Å². The highest BCUT2D eigenvalue weighted by Gasteiger charge is 2.13. The average molecular weight is 395 g/mol. The number of rotatable bonds is 6. The van der Waals surface area contributed by atoms with Crippen LogP contribution in [0.1, 0.15) is 0 Å². The lowest BCUT2D eigenvalue weighted by Crippen LogP contribution is -2.39. The first kappa shape index (κ1) is 18.9. The van der Waals surface area contributed by atoms with Gasteiger partial charge in [-0.1, -0.05) is 54.1 Å². The lowest BCUT2D eigenvalue weighted by Gasteiger charge is -2.26. The summed E-state index contributed by atoms with van der Waals surface area (Å²) in [5, 5.41) is 13.1. The number of morpholine rings is 1. The van der Waals surface area contributed by atoms with Crippen LogP contribution in [0.15, 0.2) is 60.7 Å². The third-order valence-electron chi connectivity index (χ3n) is 4.84. The number of halogens is 1. The van der Waals surface area contributed by atoms with Crippen LogP contribution in [0.2, 0.25) is 5.02 Å². The van der Waals surface area contributed by atoms with Gasteiger partial charge in [-0.05, 0) is 23.8 Å². The molecule has 144 valence electrons. The van der Waals surface area contributed by atoms with Crippen LogP contribution in [0.3, 0.4) is 0 Å². The first-order chi connectivity index (χ1) is 13.8. The zero-order valence-electron chi connectivity index (χ0n) is 15.6.